The summed E-state index contributed by atoms with van der Waals surface area (Å²) in [6.07, 6.45) is 6.95. The highest BCUT2D eigenvalue weighted by Crippen LogP contribution is 2.34. The molecule has 0 heterocycles. The molecule has 1 fully saturated rings. The third-order valence-corrected chi connectivity index (χ3v) is 4.86. The fraction of sp³-hybridized carbons (Fsp3) is 0.562. The Morgan fingerprint density at radius 2 is 1.84 bits per heavy atom. The van der Waals surface area contributed by atoms with Crippen molar-refractivity contribution in [3.63, 3.8) is 0 Å². The third kappa shape index (κ3) is 3.73. The second-order valence-corrected chi connectivity index (χ2v) is 6.31. The maximum absolute atomic E-state index is 12.4. The molecule has 1 nitrogen and oxygen atoms in total. The molecule has 0 spiro atoms. The van der Waals surface area contributed by atoms with Gasteiger partial charge in [-0.2, -0.15) is 0 Å². The van der Waals surface area contributed by atoms with Crippen LogP contribution in [0.4, 0.5) is 0 Å². The van der Waals surface area contributed by atoms with Gasteiger partial charge >= 0.3 is 0 Å². The van der Waals surface area contributed by atoms with Crippen LogP contribution in [0.2, 0.25) is 10.0 Å². The smallest absolute Gasteiger partial charge is 0.165 e. The molecule has 1 aliphatic carbocycles. The Kier molecular flexibility index (Phi) is 5.29. The Bertz CT molecular complexity index is 448. The zero-order chi connectivity index (χ0) is 13.8. The van der Waals surface area contributed by atoms with Crippen LogP contribution >= 0.6 is 23.2 Å². The lowest BCUT2D eigenvalue weighted by molar-refractivity contribution is 0.0870. The van der Waals surface area contributed by atoms with Crippen LogP contribution in [-0.2, 0) is 0 Å². The summed E-state index contributed by atoms with van der Waals surface area (Å²) in [5.74, 6) is 1.22. The van der Waals surface area contributed by atoms with Gasteiger partial charge in [-0.3, -0.25) is 4.79 Å². The van der Waals surface area contributed by atoms with Gasteiger partial charge in [-0.1, -0.05) is 43.0 Å². The summed E-state index contributed by atoms with van der Waals surface area (Å²) in [5, 5.41) is 0.969. The summed E-state index contributed by atoms with van der Waals surface area (Å²) in [7, 11) is 0. The van der Waals surface area contributed by atoms with E-state index in [4.69, 9.17) is 23.2 Å². The maximum Gasteiger partial charge on any atom is 0.165 e. The van der Waals surface area contributed by atoms with Crippen LogP contribution < -0.4 is 0 Å². The van der Waals surface area contributed by atoms with E-state index in [0.29, 0.717) is 15.6 Å². The van der Waals surface area contributed by atoms with Gasteiger partial charge in [-0.15, -0.1) is 0 Å². The van der Waals surface area contributed by atoms with Crippen molar-refractivity contribution in [2.45, 2.75) is 45.4 Å². The van der Waals surface area contributed by atoms with Crippen LogP contribution in [0, 0.1) is 11.8 Å². The van der Waals surface area contributed by atoms with Crippen molar-refractivity contribution >= 4 is 29.0 Å². The first-order valence-corrected chi connectivity index (χ1v) is 7.86. The van der Waals surface area contributed by atoms with Crippen LogP contribution in [0.5, 0.6) is 0 Å². The van der Waals surface area contributed by atoms with Crippen molar-refractivity contribution < 1.29 is 4.79 Å². The predicted molar refractivity (Wildman–Crippen MR) is 81.1 cm³/mol. The van der Waals surface area contributed by atoms with E-state index in [1.165, 1.54) is 25.7 Å². The first-order chi connectivity index (χ1) is 9.11. The topological polar surface area (TPSA) is 17.1 Å². The average Bonchev–Trinajstić information content (AvgIpc) is 2.42. The van der Waals surface area contributed by atoms with Crippen molar-refractivity contribution in [1.29, 1.82) is 0 Å². The van der Waals surface area contributed by atoms with E-state index in [1.54, 1.807) is 18.2 Å². The Morgan fingerprint density at radius 1 is 1.16 bits per heavy atom. The second-order valence-electron chi connectivity index (χ2n) is 5.50. The summed E-state index contributed by atoms with van der Waals surface area (Å²) >= 11 is 11.9. The number of carbonyl (C=O) groups is 1. The number of carbonyl (C=O) groups excluding carboxylic acids is 1. The van der Waals surface area contributed by atoms with Gasteiger partial charge in [0.05, 0.1) is 10.0 Å². The molecule has 1 aliphatic rings. The minimum atomic E-state index is 0.172. The molecule has 1 saturated carbocycles. The number of hydrogen-bond acceptors (Lipinski definition) is 1. The number of hydrogen-bond donors (Lipinski definition) is 0. The van der Waals surface area contributed by atoms with Crippen LogP contribution in [0.25, 0.3) is 0 Å². The number of ketones is 1. The van der Waals surface area contributed by atoms with Gasteiger partial charge in [-0.25, -0.2) is 0 Å². The number of rotatable bonds is 4. The van der Waals surface area contributed by atoms with E-state index >= 15 is 0 Å². The molecule has 0 unspecified atom stereocenters. The van der Waals surface area contributed by atoms with Crippen molar-refractivity contribution in [2.24, 2.45) is 11.8 Å². The first kappa shape index (κ1) is 14.9. The molecule has 0 aliphatic heterocycles. The van der Waals surface area contributed by atoms with E-state index in [9.17, 15) is 4.79 Å². The van der Waals surface area contributed by atoms with Crippen molar-refractivity contribution in [1.82, 2.24) is 0 Å². The van der Waals surface area contributed by atoms with Gasteiger partial charge in [0.15, 0.2) is 5.78 Å². The zero-order valence-electron chi connectivity index (χ0n) is 11.3. The molecule has 1 aromatic carbocycles. The standard InChI is InChI=1S/C16H20Cl2O/c1-2-3-11-4-6-12(7-5-11)16(19)13-8-9-14(17)15(18)10-13/h8-12H,2-7H2,1H3. The molecular formula is C16H20Cl2O. The first-order valence-electron chi connectivity index (χ1n) is 7.11. The lowest BCUT2D eigenvalue weighted by Gasteiger charge is -2.27. The van der Waals surface area contributed by atoms with Gasteiger partial charge in [0, 0.05) is 11.5 Å². The third-order valence-electron chi connectivity index (χ3n) is 4.12. The average molecular weight is 299 g/mol. The molecule has 0 aromatic heterocycles. The molecule has 0 amide bonds. The van der Waals surface area contributed by atoms with Gasteiger partial charge in [-0.05, 0) is 49.8 Å². The van der Waals surface area contributed by atoms with E-state index in [1.807, 2.05) is 0 Å². The van der Waals surface area contributed by atoms with Gasteiger partial charge < -0.3 is 0 Å². The zero-order valence-corrected chi connectivity index (χ0v) is 12.8. The highest BCUT2D eigenvalue weighted by Gasteiger charge is 2.26. The number of Topliss-reactive ketones (excluding diaryl/α,β-unsaturated/α-hetero) is 1. The Morgan fingerprint density at radius 3 is 2.42 bits per heavy atom. The molecule has 0 radical (unpaired) electrons. The Hall–Kier alpha value is -0.530. The molecule has 1 aromatic rings. The number of halogens is 2. The lowest BCUT2D eigenvalue weighted by Crippen LogP contribution is -2.22. The molecule has 0 saturated heterocycles. The minimum Gasteiger partial charge on any atom is -0.294 e. The van der Waals surface area contributed by atoms with E-state index in [2.05, 4.69) is 6.92 Å². The minimum absolute atomic E-state index is 0.172. The molecular weight excluding hydrogens is 279 g/mol. The van der Waals surface area contributed by atoms with Crippen LogP contribution in [0.1, 0.15) is 55.8 Å². The van der Waals surface area contributed by atoms with Crippen molar-refractivity contribution in [3.8, 4) is 0 Å². The summed E-state index contributed by atoms with van der Waals surface area (Å²) in [4.78, 5) is 12.4. The van der Waals surface area contributed by atoms with E-state index in [0.717, 1.165) is 18.8 Å². The lowest BCUT2D eigenvalue weighted by atomic mass is 9.77. The second kappa shape index (κ2) is 6.76. The highest BCUT2D eigenvalue weighted by molar-refractivity contribution is 6.42. The normalized spacial score (nSPS) is 23.3. The van der Waals surface area contributed by atoms with Crippen molar-refractivity contribution in [2.75, 3.05) is 0 Å². The quantitative estimate of drug-likeness (QED) is 0.644. The molecule has 0 atom stereocenters. The van der Waals surface area contributed by atoms with Gasteiger partial charge in [0.2, 0.25) is 0 Å². The molecule has 0 N–H and O–H groups in total. The number of benzene rings is 1. The SMILES string of the molecule is CCCC1CCC(C(=O)c2ccc(Cl)c(Cl)c2)CC1. The Labute approximate surface area is 125 Å². The van der Waals surface area contributed by atoms with E-state index < -0.39 is 0 Å². The summed E-state index contributed by atoms with van der Waals surface area (Å²) < 4.78 is 0. The van der Waals surface area contributed by atoms with Crippen LogP contribution in [0.15, 0.2) is 18.2 Å². The summed E-state index contributed by atoms with van der Waals surface area (Å²) in [5.41, 5.74) is 0.702. The molecule has 3 heteroatoms. The fourth-order valence-electron chi connectivity index (χ4n) is 3.01. The predicted octanol–water partition coefficient (Wildman–Crippen LogP) is 5.78. The summed E-state index contributed by atoms with van der Waals surface area (Å²) in [6.45, 7) is 2.23. The van der Waals surface area contributed by atoms with Crippen LogP contribution in [0.3, 0.4) is 0 Å². The Balaban J connectivity index is 1.99. The molecule has 19 heavy (non-hydrogen) atoms. The van der Waals surface area contributed by atoms with Gasteiger partial charge in [0.25, 0.3) is 0 Å². The fourth-order valence-corrected chi connectivity index (χ4v) is 3.30. The van der Waals surface area contributed by atoms with Crippen molar-refractivity contribution in [3.05, 3.63) is 33.8 Å². The monoisotopic (exact) mass is 298 g/mol. The molecule has 104 valence electrons. The largest absolute Gasteiger partial charge is 0.294 e. The van der Waals surface area contributed by atoms with E-state index in [-0.39, 0.29) is 11.7 Å². The highest BCUT2D eigenvalue weighted by atomic mass is 35.5. The van der Waals surface area contributed by atoms with Gasteiger partial charge in [0.1, 0.15) is 0 Å². The molecule has 2 rings (SSSR count). The summed E-state index contributed by atoms with van der Waals surface area (Å²) in [6, 6.07) is 5.19. The van der Waals surface area contributed by atoms with Crippen LogP contribution in [-0.4, -0.2) is 5.78 Å². The molecule has 0 bridgehead atoms. The maximum atomic E-state index is 12.4.